The second-order valence-electron chi connectivity index (χ2n) is 6.65. The van der Waals surface area contributed by atoms with E-state index in [0.29, 0.717) is 34.1 Å². The number of nitrogens with zero attached hydrogens (tertiary/aromatic N) is 3. The van der Waals surface area contributed by atoms with Crippen molar-refractivity contribution in [1.29, 1.82) is 0 Å². The summed E-state index contributed by atoms with van der Waals surface area (Å²) >= 11 is 0. The Morgan fingerprint density at radius 3 is 2.52 bits per heavy atom. The third kappa shape index (κ3) is 3.87. The van der Waals surface area contributed by atoms with E-state index in [-0.39, 0.29) is 5.69 Å². The average molecular weight is 395 g/mol. The Morgan fingerprint density at radius 2 is 1.86 bits per heavy atom. The van der Waals surface area contributed by atoms with Gasteiger partial charge in [-0.3, -0.25) is 19.9 Å². The topological polar surface area (TPSA) is 104 Å². The molecule has 29 heavy (non-hydrogen) atoms. The minimum absolute atomic E-state index is 0.0538. The van der Waals surface area contributed by atoms with Crippen LogP contribution in [-0.2, 0) is 9.53 Å². The van der Waals surface area contributed by atoms with Crippen molar-refractivity contribution < 1.29 is 19.2 Å². The zero-order valence-electron chi connectivity index (χ0n) is 16.6. The van der Waals surface area contributed by atoms with Crippen LogP contribution in [0.4, 0.5) is 5.69 Å². The van der Waals surface area contributed by atoms with Gasteiger partial charge in [0.2, 0.25) is 5.88 Å². The number of non-ortho nitro benzene ring substituents is 1. The molecule has 2 atom stereocenters. The molecule has 0 spiro atoms. The van der Waals surface area contributed by atoms with E-state index in [4.69, 9.17) is 9.47 Å². The molecule has 150 valence electrons. The molecule has 0 saturated carbocycles. The van der Waals surface area contributed by atoms with Crippen LogP contribution >= 0.6 is 0 Å². The van der Waals surface area contributed by atoms with Gasteiger partial charge in [0.05, 0.1) is 24.8 Å². The number of hydrogen-bond donors (Lipinski definition) is 0. The van der Waals surface area contributed by atoms with Crippen molar-refractivity contribution in [2.75, 3.05) is 14.2 Å². The molecule has 3 rings (SSSR count). The smallest absolute Gasteiger partial charge is 0.315 e. The standard InChI is InChI=1S/C21H21N3O5/c1-12-18(16-9-6-10-17(23-16)28-3)20(19(13(2)22-12)21(25)29-4)14-7-5-8-15(11-14)24(26)27/h5-11,19-20H,1-4H3. The first-order valence-corrected chi connectivity index (χ1v) is 8.97. The Bertz CT molecular complexity index is 1030. The van der Waals surface area contributed by atoms with Gasteiger partial charge in [-0.05, 0) is 25.5 Å². The van der Waals surface area contributed by atoms with Gasteiger partial charge >= 0.3 is 5.97 Å². The highest BCUT2D eigenvalue weighted by Gasteiger charge is 2.40. The average Bonchev–Trinajstić information content (AvgIpc) is 2.72. The lowest BCUT2D eigenvalue weighted by Crippen LogP contribution is -2.33. The predicted octanol–water partition coefficient (Wildman–Crippen LogP) is 3.78. The van der Waals surface area contributed by atoms with E-state index >= 15 is 0 Å². The minimum atomic E-state index is -0.728. The van der Waals surface area contributed by atoms with E-state index in [0.717, 1.165) is 0 Å². The SMILES string of the molecule is COC(=O)C1C(C)=NC(C)=C(c2cccc(OC)n2)C1c1cccc([N+](=O)[O-])c1. The maximum Gasteiger partial charge on any atom is 0.315 e. The van der Waals surface area contributed by atoms with Gasteiger partial charge in [-0.1, -0.05) is 18.2 Å². The van der Waals surface area contributed by atoms with Gasteiger partial charge in [-0.25, -0.2) is 4.98 Å². The van der Waals surface area contributed by atoms with Gasteiger partial charge in [0.15, 0.2) is 0 Å². The van der Waals surface area contributed by atoms with Gasteiger partial charge in [0, 0.05) is 41.1 Å². The lowest BCUT2D eigenvalue weighted by molar-refractivity contribution is -0.384. The molecule has 1 aliphatic heterocycles. The third-order valence-electron chi connectivity index (χ3n) is 4.93. The Balaban J connectivity index is 2.26. The van der Waals surface area contributed by atoms with E-state index in [1.165, 1.54) is 26.4 Å². The maximum atomic E-state index is 12.7. The molecule has 1 aromatic heterocycles. The highest BCUT2D eigenvalue weighted by molar-refractivity contribution is 6.06. The maximum absolute atomic E-state index is 12.7. The number of hydrogen-bond acceptors (Lipinski definition) is 7. The molecule has 0 radical (unpaired) electrons. The normalized spacial score (nSPS) is 18.8. The molecule has 0 saturated heterocycles. The second kappa shape index (κ2) is 8.22. The van der Waals surface area contributed by atoms with E-state index < -0.39 is 22.7 Å². The number of nitro groups is 1. The summed E-state index contributed by atoms with van der Waals surface area (Å²) in [6.45, 7) is 3.59. The van der Waals surface area contributed by atoms with Crippen LogP contribution in [0.25, 0.3) is 5.57 Å². The van der Waals surface area contributed by atoms with Gasteiger partial charge in [-0.2, -0.15) is 0 Å². The summed E-state index contributed by atoms with van der Waals surface area (Å²) in [7, 11) is 2.83. The van der Waals surface area contributed by atoms with Crippen LogP contribution in [0.3, 0.4) is 0 Å². The lowest BCUT2D eigenvalue weighted by Gasteiger charge is -2.32. The number of aromatic nitrogens is 1. The van der Waals surface area contributed by atoms with Crippen LogP contribution in [0.2, 0.25) is 0 Å². The van der Waals surface area contributed by atoms with Crippen LogP contribution in [0.15, 0.2) is 53.2 Å². The molecule has 8 heteroatoms. The fourth-order valence-corrected chi connectivity index (χ4v) is 3.67. The van der Waals surface area contributed by atoms with E-state index in [9.17, 15) is 14.9 Å². The first-order valence-electron chi connectivity index (χ1n) is 8.97. The molecule has 8 nitrogen and oxygen atoms in total. The summed E-state index contributed by atoms with van der Waals surface area (Å²) in [5, 5.41) is 11.3. The van der Waals surface area contributed by atoms with Crippen LogP contribution in [0.1, 0.15) is 31.0 Å². The largest absolute Gasteiger partial charge is 0.481 e. The number of allylic oxidation sites excluding steroid dienone is 2. The van der Waals surface area contributed by atoms with Crippen molar-refractivity contribution in [2.24, 2.45) is 10.9 Å². The van der Waals surface area contributed by atoms with E-state index in [1.807, 2.05) is 6.92 Å². The van der Waals surface area contributed by atoms with Gasteiger partial charge < -0.3 is 9.47 Å². The number of ether oxygens (including phenoxy) is 2. The lowest BCUT2D eigenvalue weighted by atomic mass is 9.74. The Labute approximate surface area is 168 Å². The molecular weight excluding hydrogens is 374 g/mol. The molecule has 2 heterocycles. The fraction of sp³-hybridized carbons (Fsp3) is 0.286. The number of carbonyl (C=O) groups is 1. The predicted molar refractivity (Wildman–Crippen MR) is 108 cm³/mol. The van der Waals surface area contributed by atoms with Crippen molar-refractivity contribution in [3.8, 4) is 5.88 Å². The number of rotatable bonds is 5. The van der Waals surface area contributed by atoms with E-state index in [2.05, 4.69) is 9.98 Å². The van der Waals surface area contributed by atoms with E-state index in [1.54, 1.807) is 37.3 Å². The fourth-order valence-electron chi connectivity index (χ4n) is 3.67. The third-order valence-corrected chi connectivity index (χ3v) is 4.93. The summed E-state index contributed by atoms with van der Waals surface area (Å²) in [5.41, 5.74) is 3.11. The summed E-state index contributed by atoms with van der Waals surface area (Å²) < 4.78 is 10.3. The number of nitro benzene ring substituents is 1. The van der Waals surface area contributed by atoms with Crippen molar-refractivity contribution in [2.45, 2.75) is 19.8 Å². The first kappa shape index (κ1) is 20.2. The van der Waals surface area contributed by atoms with Gasteiger partial charge in [0.25, 0.3) is 5.69 Å². The molecule has 0 aliphatic carbocycles. The molecule has 0 fully saturated rings. The zero-order chi connectivity index (χ0) is 21.1. The molecule has 0 amide bonds. The van der Waals surface area contributed by atoms with Crippen LogP contribution in [-0.4, -0.2) is 35.8 Å². The second-order valence-corrected chi connectivity index (χ2v) is 6.65. The number of benzene rings is 1. The number of esters is 1. The van der Waals surface area contributed by atoms with Crippen LogP contribution < -0.4 is 4.74 Å². The highest BCUT2D eigenvalue weighted by atomic mass is 16.6. The number of aliphatic imine (C=N–C) groups is 1. The molecule has 1 aromatic carbocycles. The van der Waals surface area contributed by atoms with Crippen molar-refractivity contribution in [1.82, 2.24) is 4.98 Å². The summed E-state index contributed by atoms with van der Waals surface area (Å²) in [6.07, 6.45) is 0. The first-order chi connectivity index (χ1) is 13.9. The number of methoxy groups -OCH3 is 2. The number of carbonyl (C=O) groups excluding carboxylic acids is 1. The Hall–Kier alpha value is -3.55. The van der Waals surface area contributed by atoms with Crippen molar-refractivity contribution in [3.05, 3.63) is 69.5 Å². The Morgan fingerprint density at radius 1 is 1.14 bits per heavy atom. The van der Waals surface area contributed by atoms with Crippen molar-refractivity contribution >= 4 is 22.9 Å². The van der Waals surface area contributed by atoms with Crippen molar-refractivity contribution in [3.63, 3.8) is 0 Å². The van der Waals surface area contributed by atoms with Gasteiger partial charge in [-0.15, -0.1) is 0 Å². The van der Waals surface area contributed by atoms with Crippen LogP contribution in [0.5, 0.6) is 5.88 Å². The summed E-state index contributed by atoms with van der Waals surface area (Å²) in [6, 6.07) is 11.6. The molecule has 0 N–H and O–H groups in total. The molecular formula is C21H21N3O5. The highest BCUT2D eigenvalue weighted by Crippen LogP contribution is 2.44. The monoisotopic (exact) mass is 395 g/mol. The Kier molecular flexibility index (Phi) is 5.72. The minimum Gasteiger partial charge on any atom is -0.481 e. The molecule has 0 bridgehead atoms. The number of pyridine rings is 1. The molecule has 2 aromatic rings. The zero-order valence-corrected chi connectivity index (χ0v) is 16.6. The quantitative estimate of drug-likeness (QED) is 0.433. The molecule has 2 unspecified atom stereocenters. The van der Waals surface area contributed by atoms with Crippen LogP contribution in [0, 0.1) is 16.0 Å². The van der Waals surface area contributed by atoms with Gasteiger partial charge in [0.1, 0.15) is 5.92 Å². The molecule has 1 aliphatic rings. The summed E-state index contributed by atoms with van der Waals surface area (Å²) in [5.74, 6) is -1.31. The summed E-state index contributed by atoms with van der Waals surface area (Å²) in [4.78, 5) is 32.6.